The average molecular weight is 236 g/mol. The van der Waals surface area contributed by atoms with E-state index in [9.17, 15) is 13.6 Å². The molecule has 2 nitrogen and oxygen atoms in total. The fraction of sp³-hybridized carbons (Fsp3) is 0.154. The van der Waals surface area contributed by atoms with Gasteiger partial charge in [-0.1, -0.05) is 6.07 Å². The van der Waals surface area contributed by atoms with Crippen molar-refractivity contribution in [3.8, 4) is 0 Å². The second-order valence-corrected chi connectivity index (χ2v) is 3.75. The van der Waals surface area contributed by atoms with Crippen molar-refractivity contribution in [1.82, 2.24) is 0 Å². The van der Waals surface area contributed by atoms with Gasteiger partial charge in [-0.15, -0.1) is 0 Å². The molecule has 0 aliphatic rings. The number of Topliss-reactive ketones (excluding diaryl/α,β-unsaturated/α-hetero) is 1. The number of carbonyl (C=O) groups is 1. The fourth-order valence-corrected chi connectivity index (χ4v) is 1.51. The summed E-state index contributed by atoms with van der Waals surface area (Å²) in [7, 11) is 0. The lowest BCUT2D eigenvalue weighted by atomic mass is 10.1. The normalized spacial score (nSPS) is 10.5. The van der Waals surface area contributed by atoms with Crippen LogP contribution in [0.1, 0.15) is 21.9 Å². The third-order valence-electron chi connectivity index (χ3n) is 2.38. The number of benzene rings is 1. The fourth-order valence-electron chi connectivity index (χ4n) is 1.51. The highest BCUT2D eigenvalue weighted by Gasteiger charge is 2.13. The molecule has 2 rings (SSSR count). The zero-order valence-electron chi connectivity index (χ0n) is 9.17. The van der Waals surface area contributed by atoms with E-state index in [2.05, 4.69) is 0 Å². The highest BCUT2D eigenvalue weighted by atomic mass is 19.1. The Bertz CT molecular complexity index is 558. The first-order valence-electron chi connectivity index (χ1n) is 5.10. The van der Waals surface area contributed by atoms with E-state index in [4.69, 9.17) is 4.42 Å². The molecule has 1 heterocycles. The standard InChI is InChI=1S/C13H10F2O2/c1-8-2-5-13(17-8)12(16)6-9-3-4-10(14)7-11(9)15/h2-5,7H,6H2,1H3. The van der Waals surface area contributed by atoms with Crippen molar-refractivity contribution in [3.63, 3.8) is 0 Å². The molecule has 0 bridgehead atoms. The Balaban J connectivity index is 2.18. The van der Waals surface area contributed by atoms with Crippen molar-refractivity contribution in [2.24, 2.45) is 0 Å². The Morgan fingerprint density at radius 1 is 1.24 bits per heavy atom. The van der Waals surface area contributed by atoms with Gasteiger partial charge >= 0.3 is 0 Å². The predicted octanol–water partition coefficient (Wildman–Crippen LogP) is 3.29. The van der Waals surface area contributed by atoms with Crippen LogP contribution < -0.4 is 0 Å². The molecular formula is C13H10F2O2. The van der Waals surface area contributed by atoms with E-state index in [-0.39, 0.29) is 23.5 Å². The molecule has 0 saturated heterocycles. The third-order valence-corrected chi connectivity index (χ3v) is 2.38. The summed E-state index contributed by atoms with van der Waals surface area (Å²) in [4.78, 5) is 11.7. The molecule has 1 aromatic heterocycles. The minimum absolute atomic E-state index is 0.140. The van der Waals surface area contributed by atoms with Gasteiger partial charge in [0.05, 0.1) is 0 Å². The molecule has 2 aromatic rings. The van der Waals surface area contributed by atoms with Crippen molar-refractivity contribution in [1.29, 1.82) is 0 Å². The molecule has 0 radical (unpaired) electrons. The second-order valence-electron chi connectivity index (χ2n) is 3.75. The SMILES string of the molecule is Cc1ccc(C(=O)Cc2ccc(F)cc2F)o1. The third kappa shape index (κ3) is 2.58. The van der Waals surface area contributed by atoms with Crippen LogP contribution in [0.3, 0.4) is 0 Å². The monoisotopic (exact) mass is 236 g/mol. The number of rotatable bonds is 3. The molecule has 4 heteroatoms. The number of halogens is 2. The molecule has 88 valence electrons. The van der Waals surface area contributed by atoms with E-state index < -0.39 is 11.6 Å². The summed E-state index contributed by atoms with van der Waals surface area (Å²) < 4.78 is 31.1. The van der Waals surface area contributed by atoms with E-state index in [0.717, 1.165) is 12.1 Å². The molecule has 0 unspecified atom stereocenters. The Morgan fingerprint density at radius 2 is 2.00 bits per heavy atom. The molecule has 0 atom stereocenters. The van der Waals surface area contributed by atoms with Crippen LogP contribution in [0.5, 0.6) is 0 Å². The number of hydrogen-bond acceptors (Lipinski definition) is 2. The summed E-state index contributed by atoms with van der Waals surface area (Å²) in [6.07, 6.45) is -0.140. The smallest absolute Gasteiger partial charge is 0.202 e. The highest BCUT2D eigenvalue weighted by molar-refractivity contribution is 5.95. The van der Waals surface area contributed by atoms with Crippen LogP contribution in [-0.2, 0) is 6.42 Å². The van der Waals surface area contributed by atoms with Gasteiger partial charge in [0.25, 0.3) is 0 Å². The molecule has 0 amide bonds. The van der Waals surface area contributed by atoms with Gasteiger partial charge in [0.1, 0.15) is 17.4 Å². The minimum atomic E-state index is -0.721. The van der Waals surface area contributed by atoms with Crippen LogP contribution in [0.4, 0.5) is 8.78 Å². The van der Waals surface area contributed by atoms with Crippen molar-refractivity contribution < 1.29 is 18.0 Å². The summed E-state index contributed by atoms with van der Waals surface area (Å²) in [6.45, 7) is 1.72. The van der Waals surface area contributed by atoms with Crippen molar-refractivity contribution in [3.05, 3.63) is 59.1 Å². The summed E-state index contributed by atoms with van der Waals surface area (Å²) in [5.74, 6) is -0.906. The van der Waals surface area contributed by atoms with Gasteiger partial charge in [-0.25, -0.2) is 8.78 Å². The molecule has 0 aliphatic heterocycles. The summed E-state index contributed by atoms with van der Waals surface area (Å²) in [6, 6.07) is 6.35. The van der Waals surface area contributed by atoms with E-state index in [1.807, 2.05) is 0 Å². The largest absolute Gasteiger partial charge is 0.458 e. The van der Waals surface area contributed by atoms with Crippen LogP contribution in [-0.4, -0.2) is 5.78 Å². The quantitative estimate of drug-likeness (QED) is 0.765. The molecule has 0 fully saturated rings. The van der Waals surface area contributed by atoms with Gasteiger partial charge in [0.15, 0.2) is 5.76 Å². The second kappa shape index (κ2) is 4.49. The van der Waals surface area contributed by atoms with Crippen molar-refractivity contribution in [2.45, 2.75) is 13.3 Å². The molecule has 1 aromatic carbocycles. The van der Waals surface area contributed by atoms with E-state index >= 15 is 0 Å². The number of hydrogen-bond donors (Lipinski definition) is 0. The average Bonchev–Trinajstić information content (AvgIpc) is 2.69. The molecule has 17 heavy (non-hydrogen) atoms. The molecule has 0 spiro atoms. The number of furan rings is 1. The first kappa shape index (κ1) is 11.5. The van der Waals surface area contributed by atoms with Gasteiger partial charge in [-0.2, -0.15) is 0 Å². The zero-order chi connectivity index (χ0) is 12.4. The number of carbonyl (C=O) groups excluding carboxylic acids is 1. The predicted molar refractivity (Wildman–Crippen MR) is 57.8 cm³/mol. The maximum atomic E-state index is 13.3. The van der Waals surface area contributed by atoms with Crippen LogP contribution in [0.25, 0.3) is 0 Å². The lowest BCUT2D eigenvalue weighted by Gasteiger charge is -2.01. The van der Waals surface area contributed by atoms with Crippen LogP contribution in [0.2, 0.25) is 0 Å². The first-order valence-corrected chi connectivity index (χ1v) is 5.10. The lowest BCUT2D eigenvalue weighted by Crippen LogP contribution is -2.04. The Kier molecular flexibility index (Phi) is 3.04. The van der Waals surface area contributed by atoms with E-state index in [0.29, 0.717) is 5.76 Å². The zero-order valence-corrected chi connectivity index (χ0v) is 9.17. The lowest BCUT2D eigenvalue weighted by molar-refractivity contribution is 0.0964. The van der Waals surface area contributed by atoms with Gasteiger partial charge in [-0.3, -0.25) is 4.79 Å². The maximum absolute atomic E-state index is 13.3. The van der Waals surface area contributed by atoms with Crippen LogP contribution >= 0.6 is 0 Å². The molecule has 0 N–H and O–H groups in total. The summed E-state index contributed by atoms with van der Waals surface area (Å²) >= 11 is 0. The number of ketones is 1. The summed E-state index contributed by atoms with van der Waals surface area (Å²) in [5.41, 5.74) is 0.158. The molecule has 0 saturated carbocycles. The molecular weight excluding hydrogens is 226 g/mol. The minimum Gasteiger partial charge on any atom is -0.458 e. The Morgan fingerprint density at radius 3 is 2.59 bits per heavy atom. The van der Waals surface area contributed by atoms with Crippen LogP contribution in [0, 0.1) is 18.6 Å². The summed E-state index contributed by atoms with van der Waals surface area (Å²) in [5, 5.41) is 0. The van der Waals surface area contributed by atoms with Gasteiger partial charge in [0, 0.05) is 12.5 Å². The van der Waals surface area contributed by atoms with Gasteiger partial charge in [0.2, 0.25) is 5.78 Å². The van der Waals surface area contributed by atoms with Gasteiger partial charge < -0.3 is 4.42 Å². The Hall–Kier alpha value is -1.97. The van der Waals surface area contributed by atoms with Gasteiger partial charge in [-0.05, 0) is 30.7 Å². The van der Waals surface area contributed by atoms with Crippen LogP contribution in [0.15, 0.2) is 34.7 Å². The molecule has 0 aliphatic carbocycles. The van der Waals surface area contributed by atoms with Crippen molar-refractivity contribution >= 4 is 5.78 Å². The highest BCUT2D eigenvalue weighted by Crippen LogP contribution is 2.14. The van der Waals surface area contributed by atoms with E-state index in [1.165, 1.54) is 6.07 Å². The first-order chi connectivity index (χ1) is 8.06. The van der Waals surface area contributed by atoms with Crippen molar-refractivity contribution in [2.75, 3.05) is 0 Å². The number of aryl methyl sites for hydroxylation is 1. The maximum Gasteiger partial charge on any atom is 0.202 e. The van der Waals surface area contributed by atoms with E-state index in [1.54, 1.807) is 19.1 Å². The topological polar surface area (TPSA) is 30.2 Å². The Labute approximate surface area is 96.9 Å².